The van der Waals surface area contributed by atoms with Crippen LogP contribution in [0.2, 0.25) is 0 Å². The van der Waals surface area contributed by atoms with Gasteiger partial charge in [0.15, 0.2) is 0 Å². The molecule has 0 unspecified atom stereocenters. The third-order valence-corrected chi connectivity index (χ3v) is 4.26. The molecular formula is C11H13BrOS. The van der Waals surface area contributed by atoms with Crippen LogP contribution >= 0.6 is 27.7 Å². The molecule has 1 nitrogen and oxygen atoms in total. The minimum Gasteiger partial charge on any atom is -0.494 e. The molecule has 0 N–H and O–H groups in total. The quantitative estimate of drug-likeness (QED) is 0.829. The van der Waals surface area contributed by atoms with Crippen LogP contribution in [-0.2, 0) is 0 Å². The number of ether oxygens (including phenoxy) is 1. The second-order valence-corrected chi connectivity index (χ2v) is 5.49. The van der Waals surface area contributed by atoms with Gasteiger partial charge in [0.25, 0.3) is 0 Å². The van der Waals surface area contributed by atoms with Crippen molar-refractivity contribution >= 4 is 27.7 Å². The molecule has 14 heavy (non-hydrogen) atoms. The number of thioether (sulfide) groups is 1. The Hall–Kier alpha value is -0.150. The van der Waals surface area contributed by atoms with Crippen molar-refractivity contribution in [1.29, 1.82) is 0 Å². The molecule has 0 aromatic heterocycles. The Morgan fingerprint density at radius 1 is 1.29 bits per heavy atom. The van der Waals surface area contributed by atoms with E-state index in [1.807, 2.05) is 36.0 Å². The third kappa shape index (κ3) is 2.92. The Morgan fingerprint density at radius 3 is 2.57 bits per heavy atom. The summed E-state index contributed by atoms with van der Waals surface area (Å²) in [6.07, 6.45) is 1.20. The molecule has 1 heterocycles. The Labute approximate surface area is 97.4 Å². The fourth-order valence-corrected chi connectivity index (χ4v) is 2.49. The first-order valence-corrected chi connectivity index (χ1v) is 6.75. The largest absolute Gasteiger partial charge is 0.494 e. The molecule has 0 saturated carbocycles. The summed E-state index contributed by atoms with van der Waals surface area (Å²) in [5.41, 5.74) is 0. The zero-order chi connectivity index (χ0) is 9.80. The van der Waals surface area contributed by atoms with E-state index in [1.165, 1.54) is 17.9 Å². The summed E-state index contributed by atoms with van der Waals surface area (Å²) in [6.45, 7) is 0.854. The maximum atomic E-state index is 5.64. The molecule has 1 aliphatic rings. The maximum Gasteiger partial charge on any atom is 0.119 e. The average Bonchev–Trinajstić information content (AvgIpc) is 2.12. The summed E-state index contributed by atoms with van der Waals surface area (Å²) < 4.78 is 6.73. The highest BCUT2D eigenvalue weighted by atomic mass is 79.9. The summed E-state index contributed by atoms with van der Waals surface area (Å²) in [6, 6.07) is 8.02. The molecule has 3 heteroatoms. The summed E-state index contributed by atoms with van der Waals surface area (Å²) in [7, 11) is 0. The first kappa shape index (κ1) is 10.4. The molecule has 76 valence electrons. The van der Waals surface area contributed by atoms with E-state index in [2.05, 4.69) is 15.9 Å². The second-order valence-electron chi connectivity index (χ2n) is 3.49. The van der Waals surface area contributed by atoms with E-state index in [9.17, 15) is 0 Å². The van der Waals surface area contributed by atoms with Gasteiger partial charge in [-0.05, 0) is 48.1 Å². The predicted molar refractivity (Wildman–Crippen MR) is 65.1 cm³/mol. The number of rotatable bonds is 4. The Morgan fingerprint density at radius 2 is 2.00 bits per heavy atom. The lowest BCUT2D eigenvalue weighted by atomic mass is 10.1. The van der Waals surface area contributed by atoms with Crippen LogP contribution in [0, 0.1) is 5.92 Å². The summed E-state index contributed by atoms with van der Waals surface area (Å²) >= 11 is 5.43. The van der Waals surface area contributed by atoms with Gasteiger partial charge in [-0.2, -0.15) is 11.8 Å². The summed E-state index contributed by atoms with van der Waals surface area (Å²) in [5.74, 6) is 4.52. The van der Waals surface area contributed by atoms with Gasteiger partial charge in [0.2, 0.25) is 0 Å². The molecule has 0 spiro atoms. The first-order valence-electron chi connectivity index (χ1n) is 4.81. The molecule has 0 radical (unpaired) electrons. The molecule has 1 saturated heterocycles. The van der Waals surface area contributed by atoms with E-state index in [4.69, 9.17) is 4.74 Å². The third-order valence-electron chi connectivity index (χ3n) is 2.32. The smallest absolute Gasteiger partial charge is 0.119 e. The normalized spacial score (nSPS) is 16.4. The zero-order valence-corrected chi connectivity index (χ0v) is 10.3. The van der Waals surface area contributed by atoms with Crippen molar-refractivity contribution in [3.05, 3.63) is 28.7 Å². The average molecular weight is 273 g/mol. The SMILES string of the molecule is Brc1ccc(OCCC2CSC2)cc1. The van der Waals surface area contributed by atoms with Crippen LogP contribution in [0.5, 0.6) is 5.75 Å². The van der Waals surface area contributed by atoms with Gasteiger partial charge in [-0.1, -0.05) is 15.9 Å². The van der Waals surface area contributed by atoms with Crippen molar-refractivity contribution in [2.24, 2.45) is 5.92 Å². The van der Waals surface area contributed by atoms with Crippen molar-refractivity contribution in [2.75, 3.05) is 18.1 Å². The molecule has 1 aromatic carbocycles. The minimum atomic E-state index is 0.854. The first-order chi connectivity index (χ1) is 6.84. The highest BCUT2D eigenvalue weighted by Crippen LogP contribution is 2.27. The van der Waals surface area contributed by atoms with E-state index in [1.54, 1.807) is 0 Å². The van der Waals surface area contributed by atoms with Crippen LogP contribution in [0.15, 0.2) is 28.7 Å². The number of hydrogen-bond acceptors (Lipinski definition) is 2. The van der Waals surface area contributed by atoms with E-state index in [-0.39, 0.29) is 0 Å². The van der Waals surface area contributed by atoms with Gasteiger partial charge in [-0.3, -0.25) is 0 Å². The lowest BCUT2D eigenvalue weighted by Crippen LogP contribution is -2.20. The van der Waals surface area contributed by atoms with Crippen molar-refractivity contribution in [3.8, 4) is 5.75 Å². The highest BCUT2D eigenvalue weighted by molar-refractivity contribution is 9.10. The van der Waals surface area contributed by atoms with Crippen LogP contribution in [0.4, 0.5) is 0 Å². The Kier molecular flexibility index (Phi) is 3.76. The van der Waals surface area contributed by atoms with Gasteiger partial charge >= 0.3 is 0 Å². The molecular weight excluding hydrogens is 260 g/mol. The molecule has 1 aromatic rings. The molecule has 2 rings (SSSR count). The minimum absolute atomic E-state index is 0.854. The predicted octanol–water partition coefficient (Wildman–Crippen LogP) is 3.58. The lowest BCUT2D eigenvalue weighted by molar-refractivity contribution is 0.289. The van der Waals surface area contributed by atoms with E-state index >= 15 is 0 Å². The van der Waals surface area contributed by atoms with Crippen LogP contribution in [0.3, 0.4) is 0 Å². The zero-order valence-electron chi connectivity index (χ0n) is 7.91. The van der Waals surface area contributed by atoms with Gasteiger partial charge in [-0.25, -0.2) is 0 Å². The number of halogens is 1. The summed E-state index contributed by atoms with van der Waals surface area (Å²) in [4.78, 5) is 0. The van der Waals surface area contributed by atoms with Gasteiger partial charge in [-0.15, -0.1) is 0 Å². The van der Waals surface area contributed by atoms with Crippen molar-refractivity contribution in [2.45, 2.75) is 6.42 Å². The maximum absolute atomic E-state index is 5.64. The van der Waals surface area contributed by atoms with Gasteiger partial charge < -0.3 is 4.74 Å². The van der Waals surface area contributed by atoms with Crippen molar-refractivity contribution < 1.29 is 4.74 Å². The van der Waals surface area contributed by atoms with Gasteiger partial charge in [0.1, 0.15) is 5.75 Å². The second kappa shape index (κ2) is 5.08. The summed E-state index contributed by atoms with van der Waals surface area (Å²) in [5, 5.41) is 0. The topological polar surface area (TPSA) is 9.23 Å². The fourth-order valence-electron chi connectivity index (χ4n) is 1.33. The monoisotopic (exact) mass is 272 g/mol. The lowest BCUT2D eigenvalue weighted by Gasteiger charge is -2.24. The Balaban J connectivity index is 1.71. The van der Waals surface area contributed by atoms with E-state index < -0.39 is 0 Å². The molecule has 1 fully saturated rings. The highest BCUT2D eigenvalue weighted by Gasteiger charge is 2.17. The van der Waals surface area contributed by atoms with Crippen LogP contribution in [-0.4, -0.2) is 18.1 Å². The van der Waals surface area contributed by atoms with E-state index in [0.717, 1.165) is 22.7 Å². The van der Waals surface area contributed by atoms with E-state index in [0.29, 0.717) is 0 Å². The molecule has 0 aliphatic carbocycles. The van der Waals surface area contributed by atoms with Crippen LogP contribution < -0.4 is 4.74 Å². The van der Waals surface area contributed by atoms with Gasteiger partial charge in [0, 0.05) is 4.47 Å². The van der Waals surface area contributed by atoms with Gasteiger partial charge in [0.05, 0.1) is 6.61 Å². The molecule has 0 amide bonds. The van der Waals surface area contributed by atoms with Crippen LogP contribution in [0.1, 0.15) is 6.42 Å². The molecule has 0 atom stereocenters. The van der Waals surface area contributed by atoms with Crippen molar-refractivity contribution in [3.63, 3.8) is 0 Å². The Bertz CT molecular complexity index is 282. The fraction of sp³-hybridized carbons (Fsp3) is 0.455. The molecule has 1 aliphatic heterocycles. The number of hydrogen-bond donors (Lipinski definition) is 0. The standard InChI is InChI=1S/C11H13BrOS/c12-10-1-3-11(4-2-10)13-6-5-9-7-14-8-9/h1-4,9H,5-8H2. The van der Waals surface area contributed by atoms with Crippen molar-refractivity contribution in [1.82, 2.24) is 0 Å². The number of benzene rings is 1. The van der Waals surface area contributed by atoms with Crippen LogP contribution in [0.25, 0.3) is 0 Å². The molecule has 0 bridgehead atoms.